The third-order valence-corrected chi connectivity index (χ3v) is 2.57. The van der Waals surface area contributed by atoms with Gasteiger partial charge in [-0.2, -0.15) is 0 Å². The van der Waals surface area contributed by atoms with Gasteiger partial charge in [-0.25, -0.2) is 0 Å². The van der Waals surface area contributed by atoms with E-state index < -0.39 is 0 Å². The van der Waals surface area contributed by atoms with Crippen molar-refractivity contribution in [2.24, 2.45) is 0 Å². The van der Waals surface area contributed by atoms with E-state index in [9.17, 15) is 0 Å². The van der Waals surface area contributed by atoms with Gasteiger partial charge in [-0.3, -0.25) is 4.68 Å². The Morgan fingerprint density at radius 2 is 2.50 bits per heavy atom. The smallest absolute Gasteiger partial charge is 0.108 e. The van der Waals surface area contributed by atoms with Gasteiger partial charge in [-0.1, -0.05) is 11.6 Å². The van der Waals surface area contributed by atoms with Crippen molar-refractivity contribution in [2.45, 2.75) is 38.5 Å². The van der Waals surface area contributed by atoms with Gasteiger partial charge in [0.25, 0.3) is 0 Å². The summed E-state index contributed by atoms with van der Waals surface area (Å²) < 4.78 is 1.80. The molecule has 1 aromatic heterocycles. The Kier molecular flexibility index (Phi) is 3.10. The van der Waals surface area contributed by atoms with Gasteiger partial charge in [0.2, 0.25) is 0 Å². The summed E-state index contributed by atoms with van der Waals surface area (Å²) in [6, 6.07) is 0.511. The summed E-state index contributed by atoms with van der Waals surface area (Å²) in [7, 11) is 0. The highest BCUT2D eigenvalue weighted by molar-refractivity contribution is 4.89. The van der Waals surface area contributed by atoms with Crippen molar-refractivity contribution < 1.29 is 5.11 Å². The van der Waals surface area contributed by atoms with E-state index in [1.165, 1.54) is 19.3 Å². The number of rotatable bonds is 3. The van der Waals surface area contributed by atoms with Crippen molar-refractivity contribution in [1.29, 1.82) is 0 Å². The zero-order chi connectivity index (χ0) is 9.80. The van der Waals surface area contributed by atoms with Gasteiger partial charge < -0.3 is 10.4 Å². The Morgan fingerprint density at radius 1 is 1.57 bits per heavy atom. The lowest BCUT2D eigenvalue weighted by Gasteiger charge is -2.22. The molecule has 2 N–H and O–H groups in total. The summed E-state index contributed by atoms with van der Waals surface area (Å²) in [5, 5.41) is 20.1. The van der Waals surface area contributed by atoms with Crippen LogP contribution in [0.4, 0.5) is 0 Å². The Bertz CT molecular complexity index is 280. The van der Waals surface area contributed by atoms with Crippen molar-refractivity contribution in [2.75, 3.05) is 6.54 Å². The van der Waals surface area contributed by atoms with Crippen LogP contribution in [0.15, 0.2) is 6.20 Å². The highest BCUT2D eigenvalue weighted by Crippen LogP contribution is 2.08. The van der Waals surface area contributed by atoms with Crippen LogP contribution in [0, 0.1) is 0 Å². The van der Waals surface area contributed by atoms with Crippen LogP contribution in [-0.2, 0) is 13.2 Å². The maximum atomic E-state index is 8.83. The maximum absolute atomic E-state index is 8.83. The van der Waals surface area contributed by atoms with E-state index in [0.29, 0.717) is 11.7 Å². The van der Waals surface area contributed by atoms with E-state index in [4.69, 9.17) is 5.11 Å². The molecule has 0 bridgehead atoms. The average molecular weight is 196 g/mol. The molecule has 1 fully saturated rings. The zero-order valence-corrected chi connectivity index (χ0v) is 8.19. The van der Waals surface area contributed by atoms with Crippen LogP contribution >= 0.6 is 0 Å². The van der Waals surface area contributed by atoms with Crippen molar-refractivity contribution in [3.05, 3.63) is 11.9 Å². The second-order valence-electron chi connectivity index (χ2n) is 3.74. The lowest BCUT2D eigenvalue weighted by molar-refractivity contribution is 0.276. The van der Waals surface area contributed by atoms with Crippen LogP contribution in [-0.4, -0.2) is 32.7 Å². The molecule has 1 aliphatic rings. The van der Waals surface area contributed by atoms with E-state index in [1.807, 2.05) is 0 Å². The maximum Gasteiger partial charge on any atom is 0.108 e. The third-order valence-electron chi connectivity index (χ3n) is 2.57. The normalized spacial score (nSPS) is 22.5. The first-order valence-corrected chi connectivity index (χ1v) is 5.12. The molecule has 0 radical (unpaired) electrons. The first-order chi connectivity index (χ1) is 6.88. The Morgan fingerprint density at radius 3 is 3.14 bits per heavy atom. The number of nitrogens with zero attached hydrogens (tertiary/aromatic N) is 3. The number of aliphatic hydroxyl groups excluding tert-OH is 1. The number of hydrogen-bond acceptors (Lipinski definition) is 4. The van der Waals surface area contributed by atoms with Gasteiger partial charge in [0.15, 0.2) is 0 Å². The minimum absolute atomic E-state index is 0.0297. The van der Waals surface area contributed by atoms with Crippen molar-refractivity contribution in [3.63, 3.8) is 0 Å². The van der Waals surface area contributed by atoms with E-state index in [-0.39, 0.29) is 6.61 Å². The van der Waals surface area contributed by atoms with Gasteiger partial charge in [0, 0.05) is 6.04 Å². The molecule has 0 aliphatic carbocycles. The number of piperidine rings is 1. The minimum Gasteiger partial charge on any atom is -0.390 e. The van der Waals surface area contributed by atoms with Crippen molar-refractivity contribution in [1.82, 2.24) is 20.3 Å². The summed E-state index contributed by atoms with van der Waals surface area (Å²) in [5.74, 6) is 0. The van der Waals surface area contributed by atoms with Gasteiger partial charge in [-0.05, 0) is 19.4 Å². The second-order valence-corrected chi connectivity index (χ2v) is 3.74. The Hall–Kier alpha value is -0.940. The van der Waals surface area contributed by atoms with Crippen LogP contribution in [0.3, 0.4) is 0 Å². The molecule has 1 aliphatic heterocycles. The minimum atomic E-state index is -0.0297. The predicted molar refractivity (Wildman–Crippen MR) is 51.6 cm³/mol. The quantitative estimate of drug-likeness (QED) is 0.709. The third kappa shape index (κ3) is 2.30. The van der Waals surface area contributed by atoms with Crippen molar-refractivity contribution >= 4 is 0 Å². The lowest BCUT2D eigenvalue weighted by Crippen LogP contribution is -2.37. The number of aliphatic hydroxyl groups is 1. The first-order valence-electron chi connectivity index (χ1n) is 5.12. The summed E-state index contributed by atoms with van der Waals surface area (Å²) in [5.41, 5.74) is 0.640. The molecule has 0 unspecified atom stereocenters. The van der Waals surface area contributed by atoms with Crippen LogP contribution in [0.5, 0.6) is 0 Å². The van der Waals surface area contributed by atoms with Gasteiger partial charge >= 0.3 is 0 Å². The van der Waals surface area contributed by atoms with Crippen molar-refractivity contribution in [3.8, 4) is 0 Å². The molecule has 1 atom stereocenters. The summed E-state index contributed by atoms with van der Waals surface area (Å²) in [4.78, 5) is 0. The molecule has 0 aromatic carbocycles. The molecule has 14 heavy (non-hydrogen) atoms. The lowest BCUT2D eigenvalue weighted by atomic mass is 10.1. The highest BCUT2D eigenvalue weighted by atomic mass is 16.3. The number of nitrogens with one attached hydrogen (secondary N) is 1. The molecule has 5 heteroatoms. The molecule has 1 saturated heterocycles. The Balaban J connectivity index is 1.89. The highest BCUT2D eigenvalue weighted by Gasteiger charge is 2.13. The molecule has 0 saturated carbocycles. The largest absolute Gasteiger partial charge is 0.390 e. The topological polar surface area (TPSA) is 63.0 Å². The summed E-state index contributed by atoms with van der Waals surface area (Å²) in [6.07, 6.45) is 5.57. The fraction of sp³-hybridized carbons (Fsp3) is 0.778. The van der Waals surface area contributed by atoms with Crippen LogP contribution in [0.1, 0.15) is 25.0 Å². The monoisotopic (exact) mass is 196 g/mol. The van der Waals surface area contributed by atoms with Crippen LogP contribution in [0.2, 0.25) is 0 Å². The average Bonchev–Trinajstić information content (AvgIpc) is 2.67. The van der Waals surface area contributed by atoms with Crippen LogP contribution < -0.4 is 5.32 Å². The molecular formula is C9H16N4O. The Labute approximate surface area is 83.1 Å². The number of hydrogen-bond donors (Lipinski definition) is 2. The SMILES string of the molecule is OCc1cn(C[C@H]2CCCCN2)nn1. The molecule has 2 heterocycles. The van der Waals surface area contributed by atoms with Crippen LogP contribution in [0.25, 0.3) is 0 Å². The molecular weight excluding hydrogens is 180 g/mol. The fourth-order valence-corrected chi connectivity index (χ4v) is 1.81. The van der Waals surface area contributed by atoms with Gasteiger partial charge in [-0.15, -0.1) is 5.10 Å². The predicted octanol–water partition coefficient (Wildman–Crippen LogP) is -0.0875. The van der Waals surface area contributed by atoms with E-state index in [2.05, 4.69) is 15.6 Å². The summed E-state index contributed by atoms with van der Waals surface area (Å²) in [6.45, 7) is 1.93. The van der Waals surface area contributed by atoms with Gasteiger partial charge in [0.05, 0.1) is 19.3 Å². The van der Waals surface area contributed by atoms with Gasteiger partial charge in [0.1, 0.15) is 5.69 Å². The number of aromatic nitrogens is 3. The molecule has 78 valence electrons. The zero-order valence-electron chi connectivity index (χ0n) is 8.19. The molecule has 0 amide bonds. The van der Waals surface area contributed by atoms with E-state index >= 15 is 0 Å². The molecule has 0 spiro atoms. The summed E-state index contributed by atoms with van der Waals surface area (Å²) >= 11 is 0. The fourth-order valence-electron chi connectivity index (χ4n) is 1.81. The molecule has 1 aromatic rings. The van der Waals surface area contributed by atoms with E-state index in [1.54, 1.807) is 10.9 Å². The second kappa shape index (κ2) is 4.52. The molecule has 2 rings (SSSR count). The molecule has 5 nitrogen and oxygen atoms in total. The van der Waals surface area contributed by atoms with E-state index in [0.717, 1.165) is 13.1 Å². The standard InChI is InChI=1S/C9H16N4O/c14-7-9-6-13(12-11-9)5-8-3-1-2-4-10-8/h6,8,10,14H,1-5,7H2/t8-/m1/s1. The first kappa shape index (κ1) is 9.61.